The smallest absolute Gasteiger partial charge is 0.228 e. The lowest BCUT2D eigenvalue weighted by atomic mass is 9.94. The zero-order valence-corrected chi connectivity index (χ0v) is 16.1. The van der Waals surface area contributed by atoms with Crippen molar-refractivity contribution in [2.75, 3.05) is 18.0 Å². The van der Waals surface area contributed by atoms with E-state index in [0.29, 0.717) is 16.6 Å². The van der Waals surface area contributed by atoms with E-state index in [4.69, 9.17) is 18.2 Å². The molecule has 6 nitrogen and oxygen atoms in total. The molecule has 1 fully saturated rings. The lowest BCUT2D eigenvalue weighted by Gasteiger charge is -2.35. The van der Waals surface area contributed by atoms with Gasteiger partial charge in [-0.1, -0.05) is 23.7 Å². The molecular weight excluding hydrogens is 379 g/mol. The molecule has 0 saturated carbocycles. The first-order chi connectivity index (χ1) is 13.6. The number of aryl methyl sites for hydroxylation is 1. The Morgan fingerprint density at radius 3 is 2.61 bits per heavy atom. The maximum Gasteiger partial charge on any atom is 0.228 e. The number of halogens is 2. The fraction of sp³-hybridized carbons (Fsp3) is 0.300. The van der Waals surface area contributed by atoms with E-state index in [0.717, 1.165) is 48.6 Å². The summed E-state index contributed by atoms with van der Waals surface area (Å²) >= 11 is 6.33. The molecule has 142 valence electrons. The number of hydrogen-bond donors (Lipinski definition) is 0. The molecule has 0 unspecified atom stereocenters. The predicted molar refractivity (Wildman–Crippen MR) is 106 cm³/mol. The van der Waals surface area contributed by atoms with Gasteiger partial charge in [0.1, 0.15) is 12.2 Å². The van der Waals surface area contributed by atoms with Crippen molar-refractivity contribution in [3.63, 3.8) is 0 Å². The highest BCUT2D eigenvalue weighted by molar-refractivity contribution is 6.34. The van der Waals surface area contributed by atoms with E-state index < -0.39 is 5.95 Å². The minimum absolute atomic E-state index is 0.329. The zero-order chi connectivity index (χ0) is 19.7. The van der Waals surface area contributed by atoms with Crippen molar-refractivity contribution < 1.29 is 4.39 Å². The third kappa shape index (κ3) is 3.32. The number of pyridine rings is 1. The van der Waals surface area contributed by atoms with Gasteiger partial charge in [-0.05, 0) is 30.5 Å². The van der Waals surface area contributed by atoms with Gasteiger partial charge in [0.25, 0.3) is 0 Å². The first kappa shape index (κ1) is 18.4. The fourth-order valence-electron chi connectivity index (χ4n) is 3.77. The molecule has 8 heteroatoms. The molecule has 1 saturated heterocycles. The number of anilines is 1. The summed E-state index contributed by atoms with van der Waals surface area (Å²) in [5.74, 6) is 0.781. The molecule has 0 atom stereocenters. The van der Waals surface area contributed by atoms with Crippen LogP contribution in [0.1, 0.15) is 24.6 Å². The second-order valence-corrected chi connectivity index (χ2v) is 7.24. The van der Waals surface area contributed by atoms with Crippen molar-refractivity contribution in [2.45, 2.75) is 18.8 Å². The van der Waals surface area contributed by atoms with Crippen molar-refractivity contribution in [1.29, 1.82) is 0 Å². The quantitative estimate of drug-likeness (QED) is 0.479. The van der Waals surface area contributed by atoms with Gasteiger partial charge in [-0.25, -0.2) is 9.83 Å². The summed E-state index contributed by atoms with van der Waals surface area (Å²) in [6, 6.07) is 6.58. The van der Waals surface area contributed by atoms with Crippen LogP contribution in [0.15, 0.2) is 36.8 Å². The van der Waals surface area contributed by atoms with Crippen molar-refractivity contribution >= 4 is 23.0 Å². The van der Waals surface area contributed by atoms with Crippen LogP contribution in [0.25, 0.3) is 16.0 Å². The maximum atomic E-state index is 13.3. The summed E-state index contributed by atoms with van der Waals surface area (Å²) in [6.07, 6.45) is 5.01. The number of aromatic nitrogens is 4. The standard InChI is InChI=1S/C20H18ClFN6/c1-23-18-16(21)5-4-15(14-3-6-17(22)24-11-14)19(18)28-9-7-13(8-10-28)20-26-25-12-27(20)2/h3-6,11-13H,7-10H2,2H3. The lowest BCUT2D eigenvalue weighted by molar-refractivity contribution is 0.474. The van der Waals surface area contributed by atoms with E-state index in [1.165, 1.54) is 12.3 Å². The van der Waals surface area contributed by atoms with Gasteiger partial charge < -0.3 is 9.47 Å². The highest BCUT2D eigenvalue weighted by Crippen LogP contribution is 2.45. The molecule has 0 spiro atoms. The number of benzene rings is 1. The summed E-state index contributed by atoms with van der Waals surface area (Å²) in [6.45, 7) is 9.17. The molecule has 4 rings (SSSR count). The molecule has 0 radical (unpaired) electrons. The van der Waals surface area contributed by atoms with Crippen LogP contribution in [0, 0.1) is 12.5 Å². The number of nitrogens with zero attached hydrogens (tertiary/aromatic N) is 6. The van der Waals surface area contributed by atoms with E-state index in [9.17, 15) is 4.39 Å². The van der Waals surface area contributed by atoms with Crippen molar-refractivity contribution in [3.8, 4) is 11.1 Å². The van der Waals surface area contributed by atoms with Crippen LogP contribution < -0.4 is 4.90 Å². The summed E-state index contributed by atoms with van der Waals surface area (Å²) in [5.41, 5.74) is 2.79. The lowest BCUT2D eigenvalue weighted by Crippen LogP contribution is -2.34. The highest BCUT2D eigenvalue weighted by Gasteiger charge is 2.27. The Bertz CT molecular complexity index is 1030. The monoisotopic (exact) mass is 396 g/mol. The first-order valence-corrected chi connectivity index (χ1v) is 9.37. The summed E-state index contributed by atoms with van der Waals surface area (Å²) < 4.78 is 15.2. The van der Waals surface area contributed by atoms with Crippen LogP contribution in [0.2, 0.25) is 5.02 Å². The second-order valence-electron chi connectivity index (χ2n) is 6.83. The first-order valence-electron chi connectivity index (χ1n) is 8.99. The molecule has 1 aliphatic heterocycles. The maximum absolute atomic E-state index is 13.3. The molecule has 3 heterocycles. The Morgan fingerprint density at radius 2 is 2.00 bits per heavy atom. The Kier molecular flexibility index (Phi) is 4.97. The van der Waals surface area contributed by atoms with Gasteiger partial charge in [-0.2, -0.15) is 4.39 Å². The zero-order valence-electron chi connectivity index (χ0n) is 15.3. The number of piperidine rings is 1. The topological polar surface area (TPSA) is 51.2 Å². The van der Waals surface area contributed by atoms with Gasteiger partial charge in [0.15, 0.2) is 0 Å². The molecule has 0 aliphatic carbocycles. The van der Waals surface area contributed by atoms with E-state index in [2.05, 4.69) is 24.9 Å². The molecule has 1 aliphatic rings. The molecule has 3 aromatic rings. The fourth-order valence-corrected chi connectivity index (χ4v) is 3.97. The summed E-state index contributed by atoms with van der Waals surface area (Å²) in [4.78, 5) is 9.63. The average molecular weight is 397 g/mol. The van der Waals surface area contributed by atoms with Crippen LogP contribution in [0.5, 0.6) is 0 Å². The van der Waals surface area contributed by atoms with Crippen LogP contribution in [0.3, 0.4) is 0 Å². The molecule has 0 amide bonds. The van der Waals surface area contributed by atoms with Gasteiger partial charge in [-0.15, -0.1) is 10.2 Å². The van der Waals surface area contributed by atoms with E-state index in [-0.39, 0.29) is 0 Å². The van der Waals surface area contributed by atoms with E-state index in [1.54, 1.807) is 18.5 Å². The minimum atomic E-state index is -0.533. The van der Waals surface area contributed by atoms with E-state index >= 15 is 0 Å². The van der Waals surface area contributed by atoms with Crippen LogP contribution in [-0.2, 0) is 7.05 Å². The second kappa shape index (κ2) is 7.56. The SMILES string of the molecule is [C-]#[N+]c1c(Cl)ccc(-c2ccc(F)nc2)c1N1CCC(c2nncn2C)CC1. The normalized spacial score (nSPS) is 14.9. The van der Waals surface area contributed by atoms with Crippen LogP contribution in [0.4, 0.5) is 15.8 Å². The van der Waals surface area contributed by atoms with Crippen molar-refractivity contribution in [2.24, 2.45) is 7.05 Å². The third-order valence-corrected chi connectivity index (χ3v) is 5.48. The minimum Gasteiger partial charge on any atom is -0.380 e. The van der Waals surface area contributed by atoms with Crippen molar-refractivity contribution in [1.82, 2.24) is 19.7 Å². The van der Waals surface area contributed by atoms with Crippen molar-refractivity contribution in [3.05, 3.63) is 65.0 Å². The molecule has 2 aromatic heterocycles. The Labute approximate surface area is 167 Å². The van der Waals surface area contributed by atoms with Crippen LogP contribution in [-0.4, -0.2) is 32.8 Å². The Morgan fingerprint density at radius 1 is 1.21 bits per heavy atom. The molecule has 1 aromatic carbocycles. The average Bonchev–Trinajstić information content (AvgIpc) is 3.14. The largest absolute Gasteiger partial charge is 0.380 e. The number of hydrogen-bond acceptors (Lipinski definition) is 4. The van der Waals surface area contributed by atoms with E-state index in [1.807, 2.05) is 17.7 Å². The van der Waals surface area contributed by atoms with Gasteiger partial charge in [0.05, 0.1) is 12.3 Å². The van der Waals surface area contributed by atoms with Crippen LogP contribution >= 0.6 is 11.6 Å². The molecule has 28 heavy (non-hydrogen) atoms. The Hall–Kier alpha value is -2.98. The Balaban J connectivity index is 1.69. The summed E-state index contributed by atoms with van der Waals surface area (Å²) in [7, 11) is 1.95. The van der Waals surface area contributed by atoms with Gasteiger partial charge in [0.2, 0.25) is 11.6 Å². The molecule has 0 bridgehead atoms. The van der Waals surface area contributed by atoms with Gasteiger partial charge >= 0.3 is 0 Å². The number of rotatable bonds is 3. The van der Waals surface area contributed by atoms with Gasteiger partial charge in [-0.3, -0.25) is 0 Å². The third-order valence-electron chi connectivity index (χ3n) is 5.17. The molecular formula is C20H18ClFN6. The molecule has 0 N–H and O–H groups in total. The highest BCUT2D eigenvalue weighted by atomic mass is 35.5. The predicted octanol–water partition coefficient (Wildman–Crippen LogP) is 4.60. The van der Waals surface area contributed by atoms with Gasteiger partial charge in [0, 0.05) is 42.8 Å². The summed E-state index contributed by atoms with van der Waals surface area (Å²) in [5, 5.41) is 8.63.